The zero-order valence-electron chi connectivity index (χ0n) is 11.5. The van der Waals surface area contributed by atoms with Crippen molar-refractivity contribution in [2.75, 3.05) is 20.1 Å². The number of aliphatic hydroxyl groups is 1. The van der Waals surface area contributed by atoms with E-state index in [9.17, 15) is 27.9 Å². The van der Waals surface area contributed by atoms with E-state index in [1.165, 1.54) is 24.1 Å². The van der Waals surface area contributed by atoms with Crippen LogP contribution >= 0.6 is 0 Å². The topological polar surface area (TPSA) is 70.1 Å². The molecular weight excluding hydrogens is 305 g/mol. The maximum absolute atomic E-state index is 12.0. The molecule has 0 radical (unpaired) electrons. The van der Waals surface area contributed by atoms with Crippen LogP contribution in [-0.2, 0) is 4.79 Å². The molecule has 6 nitrogen and oxygen atoms in total. The van der Waals surface area contributed by atoms with Gasteiger partial charge in [-0.25, -0.2) is 4.79 Å². The van der Waals surface area contributed by atoms with Crippen LogP contribution in [0.15, 0.2) is 24.3 Å². The molecule has 0 spiro atoms. The summed E-state index contributed by atoms with van der Waals surface area (Å²) in [5, 5.41) is 10.00. The third-order valence-electron chi connectivity index (χ3n) is 3.08. The Morgan fingerprint density at radius 2 is 1.86 bits per heavy atom. The standard InChI is InChI=1S/C13H13F3N2O4/c1-17-7-11(20)18(12(17)21)6-10(19)8-2-4-9(5-3-8)22-13(14,15)16/h2-5,10,19H,6-7H2,1H3. The minimum Gasteiger partial charge on any atom is -0.406 e. The van der Waals surface area contributed by atoms with Gasteiger partial charge in [-0.2, -0.15) is 0 Å². The Labute approximate surface area is 123 Å². The van der Waals surface area contributed by atoms with Gasteiger partial charge in [0.25, 0.3) is 0 Å². The van der Waals surface area contributed by atoms with Crippen molar-refractivity contribution in [1.29, 1.82) is 0 Å². The lowest BCUT2D eigenvalue weighted by Gasteiger charge is -2.19. The molecule has 2 rings (SSSR count). The van der Waals surface area contributed by atoms with Gasteiger partial charge in [-0.15, -0.1) is 13.2 Å². The Kier molecular flexibility index (Phi) is 4.27. The fourth-order valence-electron chi connectivity index (χ4n) is 2.02. The van der Waals surface area contributed by atoms with E-state index in [4.69, 9.17) is 0 Å². The Hall–Kier alpha value is -2.29. The number of halogens is 3. The third-order valence-corrected chi connectivity index (χ3v) is 3.08. The summed E-state index contributed by atoms with van der Waals surface area (Å²) in [4.78, 5) is 25.3. The highest BCUT2D eigenvalue weighted by Gasteiger charge is 2.35. The molecule has 1 saturated heterocycles. The van der Waals surface area contributed by atoms with Crippen molar-refractivity contribution in [2.24, 2.45) is 0 Å². The number of imide groups is 1. The fraction of sp³-hybridized carbons (Fsp3) is 0.385. The van der Waals surface area contributed by atoms with Gasteiger partial charge in [0, 0.05) is 7.05 Å². The Morgan fingerprint density at radius 1 is 1.27 bits per heavy atom. The number of carbonyl (C=O) groups excluding carboxylic acids is 2. The molecule has 1 atom stereocenters. The quantitative estimate of drug-likeness (QED) is 0.855. The van der Waals surface area contributed by atoms with E-state index in [1.807, 2.05) is 0 Å². The van der Waals surface area contributed by atoms with Gasteiger partial charge in [0.15, 0.2) is 0 Å². The van der Waals surface area contributed by atoms with Crippen LogP contribution in [0.2, 0.25) is 0 Å². The molecule has 9 heteroatoms. The number of urea groups is 1. The minimum absolute atomic E-state index is 0.0656. The van der Waals surface area contributed by atoms with Gasteiger partial charge in [0.2, 0.25) is 5.91 Å². The molecule has 1 aliphatic heterocycles. The smallest absolute Gasteiger partial charge is 0.406 e. The number of amides is 3. The molecule has 0 bridgehead atoms. The van der Waals surface area contributed by atoms with Crippen LogP contribution in [-0.4, -0.2) is 53.3 Å². The van der Waals surface area contributed by atoms with Crippen molar-refractivity contribution in [3.8, 4) is 5.75 Å². The molecule has 1 N–H and O–H groups in total. The highest BCUT2D eigenvalue weighted by Crippen LogP contribution is 2.25. The van der Waals surface area contributed by atoms with E-state index in [0.29, 0.717) is 0 Å². The van der Waals surface area contributed by atoms with Crippen LogP contribution in [0.4, 0.5) is 18.0 Å². The zero-order valence-corrected chi connectivity index (χ0v) is 11.5. The van der Waals surface area contributed by atoms with Crippen LogP contribution in [0.1, 0.15) is 11.7 Å². The maximum atomic E-state index is 12.0. The summed E-state index contributed by atoms with van der Waals surface area (Å²) in [5.41, 5.74) is 0.268. The van der Waals surface area contributed by atoms with Gasteiger partial charge >= 0.3 is 12.4 Å². The second-order valence-corrected chi connectivity index (χ2v) is 4.78. The third kappa shape index (κ3) is 3.67. The van der Waals surface area contributed by atoms with Crippen molar-refractivity contribution in [1.82, 2.24) is 9.80 Å². The molecule has 1 fully saturated rings. The first-order valence-corrected chi connectivity index (χ1v) is 6.26. The normalized spacial score (nSPS) is 17.1. The van der Waals surface area contributed by atoms with Crippen molar-refractivity contribution < 1.29 is 32.6 Å². The number of hydrogen-bond donors (Lipinski definition) is 1. The molecule has 3 amide bonds. The van der Waals surface area contributed by atoms with E-state index < -0.39 is 30.2 Å². The summed E-state index contributed by atoms with van der Waals surface area (Å²) in [7, 11) is 1.45. The van der Waals surface area contributed by atoms with Crippen LogP contribution in [0.3, 0.4) is 0 Å². The largest absolute Gasteiger partial charge is 0.573 e. The lowest BCUT2D eigenvalue weighted by atomic mass is 10.1. The summed E-state index contributed by atoms with van der Waals surface area (Å²) in [6, 6.07) is 4.04. The first kappa shape index (κ1) is 16.1. The summed E-state index contributed by atoms with van der Waals surface area (Å²) in [6.45, 7) is -0.328. The van der Waals surface area contributed by atoms with Gasteiger partial charge in [0.1, 0.15) is 12.3 Å². The van der Waals surface area contributed by atoms with Crippen molar-refractivity contribution in [3.05, 3.63) is 29.8 Å². The molecule has 22 heavy (non-hydrogen) atoms. The molecule has 1 aliphatic rings. The van der Waals surface area contributed by atoms with Crippen LogP contribution in [0.25, 0.3) is 0 Å². The summed E-state index contributed by atoms with van der Waals surface area (Å²) >= 11 is 0. The Bertz CT molecular complexity index is 574. The predicted molar refractivity (Wildman–Crippen MR) is 67.8 cm³/mol. The summed E-state index contributed by atoms with van der Waals surface area (Å²) in [5.74, 6) is -0.861. The van der Waals surface area contributed by atoms with E-state index in [-0.39, 0.29) is 18.7 Å². The van der Waals surface area contributed by atoms with Gasteiger partial charge in [0.05, 0.1) is 12.6 Å². The zero-order chi connectivity index (χ0) is 16.5. The molecule has 1 unspecified atom stereocenters. The number of likely N-dealkylation sites (N-methyl/N-ethyl adjacent to an activating group) is 1. The van der Waals surface area contributed by atoms with Crippen molar-refractivity contribution in [3.63, 3.8) is 0 Å². The molecule has 1 aromatic rings. The number of ether oxygens (including phenoxy) is 1. The second kappa shape index (κ2) is 5.84. The SMILES string of the molecule is CN1CC(=O)N(CC(O)c2ccc(OC(F)(F)F)cc2)C1=O. The fourth-order valence-corrected chi connectivity index (χ4v) is 2.02. The van der Waals surface area contributed by atoms with Gasteiger partial charge in [-0.05, 0) is 17.7 Å². The van der Waals surface area contributed by atoms with E-state index in [2.05, 4.69) is 4.74 Å². The van der Waals surface area contributed by atoms with Crippen molar-refractivity contribution in [2.45, 2.75) is 12.5 Å². The van der Waals surface area contributed by atoms with Crippen LogP contribution < -0.4 is 4.74 Å². The van der Waals surface area contributed by atoms with Crippen molar-refractivity contribution >= 4 is 11.9 Å². The number of alkyl halides is 3. The number of carbonyl (C=O) groups is 2. The molecule has 0 aliphatic carbocycles. The number of benzene rings is 1. The van der Waals surface area contributed by atoms with Gasteiger partial charge < -0.3 is 14.7 Å². The number of nitrogens with zero attached hydrogens (tertiary/aromatic N) is 2. The van der Waals surface area contributed by atoms with Gasteiger partial charge in [-0.1, -0.05) is 12.1 Å². The number of β-amino-alcohol motifs (C(OH)–C–C–N with tert-alkyl or cyclic N) is 1. The van der Waals surface area contributed by atoms with Gasteiger partial charge in [-0.3, -0.25) is 9.69 Å². The number of hydrogen-bond acceptors (Lipinski definition) is 4. The lowest BCUT2D eigenvalue weighted by Crippen LogP contribution is -2.35. The molecule has 1 heterocycles. The molecule has 0 saturated carbocycles. The second-order valence-electron chi connectivity index (χ2n) is 4.78. The first-order chi connectivity index (χ1) is 10.2. The predicted octanol–water partition coefficient (Wildman–Crippen LogP) is 1.51. The summed E-state index contributed by atoms with van der Waals surface area (Å²) < 4.78 is 39.8. The van der Waals surface area contributed by atoms with E-state index in [1.54, 1.807) is 0 Å². The number of rotatable bonds is 4. The summed E-state index contributed by atoms with van der Waals surface area (Å²) in [6.07, 6.45) is -5.99. The highest BCUT2D eigenvalue weighted by molar-refractivity contribution is 6.01. The number of aliphatic hydroxyl groups excluding tert-OH is 1. The first-order valence-electron chi connectivity index (χ1n) is 6.26. The maximum Gasteiger partial charge on any atom is 0.573 e. The minimum atomic E-state index is -4.79. The monoisotopic (exact) mass is 318 g/mol. The van der Waals surface area contributed by atoms with E-state index >= 15 is 0 Å². The Morgan fingerprint density at radius 3 is 2.32 bits per heavy atom. The van der Waals surface area contributed by atoms with Crippen LogP contribution in [0, 0.1) is 0 Å². The molecular formula is C13H13F3N2O4. The van der Waals surface area contributed by atoms with E-state index in [0.717, 1.165) is 17.0 Å². The average molecular weight is 318 g/mol. The average Bonchev–Trinajstić information content (AvgIpc) is 2.64. The Balaban J connectivity index is 2.02. The highest BCUT2D eigenvalue weighted by atomic mass is 19.4. The molecule has 1 aromatic carbocycles. The molecule has 0 aromatic heterocycles. The van der Waals surface area contributed by atoms with Crippen LogP contribution in [0.5, 0.6) is 5.75 Å². The molecule has 120 valence electrons. The lowest BCUT2D eigenvalue weighted by molar-refractivity contribution is -0.274.